The number of hydrogen-bond acceptors (Lipinski definition) is 4. The molecule has 0 bridgehead atoms. The summed E-state index contributed by atoms with van der Waals surface area (Å²) in [4.78, 5) is 23.1. The van der Waals surface area contributed by atoms with E-state index >= 15 is 0 Å². The Morgan fingerprint density at radius 2 is 1.91 bits per heavy atom. The van der Waals surface area contributed by atoms with Gasteiger partial charge in [-0.1, -0.05) is 23.7 Å². The molecule has 6 heteroatoms. The van der Waals surface area contributed by atoms with E-state index < -0.39 is 12.6 Å². The number of benzene rings is 2. The zero-order chi connectivity index (χ0) is 16.4. The number of rotatable bonds is 4. The van der Waals surface area contributed by atoms with Gasteiger partial charge in [0.1, 0.15) is 17.6 Å². The highest BCUT2D eigenvalue weighted by Gasteiger charge is 2.10. The summed E-state index contributed by atoms with van der Waals surface area (Å²) < 4.78 is 10.6. The Labute approximate surface area is 135 Å². The molecule has 3 aromatic rings. The molecule has 5 nitrogen and oxygen atoms in total. The van der Waals surface area contributed by atoms with Crippen molar-refractivity contribution in [3.63, 3.8) is 0 Å². The van der Waals surface area contributed by atoms with E-state index in [1.54, 1.807) is 30.3 Å². The molecule has 0 fully saturated rings. The Morgan fingerprint density at radius 1 is 1.17 bits per heavy atom. The van der Waals surface area contributed by atoms with Gasteiger partial charge in [0.25, 0.3) is 0 Å². The molecule has 1 aromatic heterocycles. The van der Waals surface area contributed by atoms with Crippen LogP contribution in [0.3, 0.4) is 0 Å². The fourth-order valence-electron chi connectivity index (χ4n) is 2.17. The van der Waals surface area contributed by atoms with Crippen molar-refractivity contribution in [2.24, 2.45) is 0 Å². The van der Waals surface area contributed by atoms with Crippen LogP contribution in [0.5, 0.6) is 5.75 Å². The van der Waals surface area contributed by atoms with Crippen molar-refractivity contribution < 1.29 is 19.1 Å². The molecule has 0 aliphatic rings. The number of carboxylic acid groups (broad SMARTS) is 1. The third-order valence-electron chi connectivity index (χ3n) is 3.26. The molecule has 0 unspecified atom stereocenters. The molecular formula is C17H11ClO5. The molecule has 0 saturated carbocycles. The number of fused-ring (bicyclic) bond motifs is 1. The normalized spacial score (nSPS) is 10.7. The van der Waals surface area contributed by atoms with Crippen LogP contribution in [0.4, 0.5) is 0 Å². The van der Waals surface area contributed by atoms with E-state index in [1.807, 2.05) is 0 Å². The van der Waals surface area contributed by atoms with Crippen molar-refractivity contribution in [1.82, 2.24) is 0 Å². The first-order valence-electron chi connectivity index (χ1n) is 6.71. The van der Waals surface area contributed by atoms with Crippen LogP contribution in [-0.2, 0) is 4.79 Å². The van der Waals surface area contributed by atoms with E-state index in [9.17, 15) is 9.59 Å². The van der Waals surface area contributed by atoms with Gasteiger partial charge in [-0.05, 0) is 29.8 Å². The molecular weight excluding hydrogens is 320 g/mol. The van der Waals surface area contributed by atoms with Crippen molar-refractivity contribution in [3.05, 3.63) is 64.0 Å². The highest BCUT2D eigenvalue weighted by atomic mass is 35.5. The van der Waals surface area contributed by atoms with E-state index in [4.69, 9.17) is 25.9 Å². The van der Waals surface area contributed by atoms with Crippen LogP contribution in [0.2, 0.25) is 5.02 Å². The predicted molar refractivity (Wildman–Crippen MR) is 86.1 cm³/mol. The number of halogens is 1. The van der Waals surface area contributed by atoms with E-state index in [0.29, 0.717) is 32.9 Å². The van der Waals surface area contributed by atoms with Crippen LogP contribution in [0.1, 0.15) is 0 Å². The number of ether oxygens (including phenoxy) is 1. The number of carbonyl (C=O) groups is 1. The quantitative estimate of drug-likeness (QED) is 0.791. The van der Waals surface area contributed by atoms with Gasteiger partial charge in [-0.25, -0.2) is 4.79 Å². The number of aliphatic carboxylic acids is 1. The molecule has 0 saturated heterocycles. The van der Waals surface area contributed by atoms with Crippen molar-refractivity contribution >= 4 is 28.5 Å². The lowest BCUT2D eigenvalue weighted by atomic mass is 10.1. The van der Waals surface area contributed by atoms with Gasteiger partial charge in [0, 0.05) is 11.1 Å². The maximum atomic E-state index is 12.6. The second kappa shape index (κ2) is 6.14. The lowest BCUT2D eigenvalue weighted by molar-refractivity contribution is -0.139. The van der Waals surface area contributed by atoms with E-state index in [1.165, 1.54) is 18.4 Å². The van der Waals surface area contributed by atoms with Crippen LogP contribution in [-0.4, -0.2) is 17.7 Å². The highest BCUT2D eigenvalue weighted by Crippen LogP contribution is 2.24. The van der Waals surface area contributed by atoms with E-state index in [0.717, 1.165) is 0 Å². The van der Waals surface area contributed by atoms with Gasteiger partial charge < -0.3 is 14.3 Å². The molecule has 0 spiro atoms. The maximum Gasteiger partial charge on any atom is 0.341 e. The van der Waals surface area contributed by atoms with Gasteiger partial charge in [-0.2, -0.15) is 0 Å². The Morgan fingerprint density at radius 3 is 2.61 bits per heavy atom. The molecule has 0 amide bonds. The summed E-state index contributed by atoms with van der Waals surface area (Å²) >= 11 is 5.85. The van der Waals surface area contributed by atoms with Crippen LogP contribution < -0.4 is 10.2 Å². The Balaban J connectivity index is 2.02. The summed E-state index contributed by atoms with van der Waals surface area (Å²) in [6, 6.07) is 11.5. The zero-order valence-corrected chi connectivity index (χ0v) is 12.5. The molecule has 0 aliphatic heterocycles. The van der Waals surface area contributed by atoms with Gasteiger partial charge in [0.15, 0.2) is 12.0 Å². The standard InChI is InChI=1S/C17H11ClO5/c18-11-3-1-10(2-4-11)14-8-23-15-7-12(22-9-16(19)20)5-6-13(15)17(14)21/h1-8H,9H2,(H,19,20). The van der Waals surface area contributed by atoms with Gasteiger partial charge in [-0.15, -0.1) is 0 Å². The molecule has 2 aromatic carbocycles. The first-order valence-corrected chi connectivity index (χ1v) is 7.08. The summed E-state index contributed by atoms with van der Waals surface area (Å²) in [6.45, 7) is -0.460. The molecule has 0 radical (unpaired) electrons. The smallest absolute Gasteiger partial charge is 0.341 e. The second-order valence-corrected chi connectivity index (χ2v) is 5.26. The molecule has 116 valence electrons. The fourth-order valence-corrected chi connectivity index (χ4v) is 2.30. The van der Waals surface area contributed by atoms with Crippen molar-refractivity contribution in [2.75, 3.05) is 6.61 Å². The lowest BCUT2D eigenvalue weighted by Gasteiger charge is -2.06. The molecule has 0 aliphatic carbocycles. The Kier molecular flexibility index (Phi) is 4.04. The van der Waals surface area contributed by atoms with Crippen LogP contribution >= 0.6 is 11.6 Å². The Bertz CT molecular complexity index is 928. The van der Waals surface area contributed by atoms with E-state index in [-0.39, 0.29) is 5.43 Å². The van der Waals surface area contributed by atoms with Crippen LogP contribution in [0.25, 0.3) is 22.1 Å². The van der Waals surface area contributed by atoms with Gasteiger partial charge in [0.05, 0.1) is 10.9 Å². The largest absolute Gasteiger partial charge is 0.482 e. The van der Waals surface area contributed by atoms with Crippen LogP contribution in [0.15, 0.2) is 57.9 Å². The predicted octanol–water partition coefficient (Wildman–Crippen LogP) is 3.58. The molecule has 3 rings (SSSR count). The van der Waals surface area contributed by atoms with Crippen molar-refractivity contribution in [2.45, 2.75) is 0 Å². The van der Waals surface area contributed by atoms with Crippen molar-refractivity contribution in [1.29, 1.82) is 0 Å². The third-order valence-corrected chi connectivity index (χ3v) is 3.52. The van der Waals surface area contributed by atoms with Gasteiger partial charge in [-0.3, -0.25) is 4.79 Å². The maximum absolute atomic E-state index is 12.6. The number of hydrogen-bond donors (Lipinski definition) is 1. The zero-order valence-electron chi connectivity index (χ0n) is 11.8. The summed E-state index contributed by atoms with van der Waals surface area (Å²) in [5.41, 5.74) is 1.28. The highest BCUT2D eigenvalue weighted by molar-refractivity contribution is 6.30. The summed E-state index contributed by atoms with van der Waals surface area (Å²) in [6.07, 6.45) is 1.37. The van der Waals surface area contributed by atoms with Crippen molar-refractivity contribution in [3.8, 4) is 16.9 Å². The average molecular weight is 331 g/mol. The first kappa shape index (κ1) is 15.1. The second-order valence-electron chi connectivity index (χ2n) is 4.83. The lowest BCUT2D eigenvalue weighted by Crippen LogP contribution is -2.09. The van der Waals surface area contributed by atoms with Crippen LogP contribution in [0, 0.1) is 0 Å². The topological polar surface area (TPSA) is 76.7 Å². The molecule has 1 N–H and O–H groups in total. The molecule has 0 atom stereocenters. The first-order chi connectivity index (χ1) is 11.0. The molecule has 1 heterocycles. The average Bonchev–Trinajstić information content (AvgIpc) is 2.54. The monoisotopic (exact) mass is 330 g/mol. The summed E-state index contributed by atoms with van der Waals surface area (Å²) in [5.74, 6) is -0.757. The van der Waals surface area contributed by atoms with E-state index in [2.05, 4.69) is 0 Å². The summed E-state index contributed by atoms with van der Waals surface area (Å²) in [7, 11) is 0. The minimum atomic E-state index is -1.08. The minimum absolute atomic E-state index is 0.182. The SMILES string of the molecule is O=C(O)COc1ccc2c(=O)c(-c3ccc(Cl)cc3)coc2c1. The third kappa shape index (κ3) is 3.19. The number of carboxylic acids is 1. The summed E-state index contributed by atoms with van der Waals surface area (Å²) in [5, 5.41) is 9.58. The van der Waals surface area contributed by atoms with Gasteiger partial charge in [0.2, 0.25) is 0 Å². The Hall–Kier alpha value is -2.79. The van der Waals surface area contributed by atoms with Gasteiger partial charge >= 0.3 is 5.97 Å². The minimum Gasteiger partial charge on any atom is -0.482 e. The molecule has 23 heavy (non-hydrogen) atoms. The fraction of sp³-hybridized carbons (Fsp3) is 0.0588.